The van der Waals surface area contributed by atoms with Crippen LogP contribution in [0.3, 0.4) is 0 Å². The number of ether oxygens (including phenoxy) is 1. The summed E-state index contributed by atoms with van der Waals surface area (Å²) in [5.41, 5.74) is 1.67. The molecular formula is C24H14BrCl2IN2O4. The third kappa shape index (κ3) is 5.46. The number of nitrogens with zero attached hydrogens (tertiary/aromatic N) is 1. The van der Waals surface area contributed by atoms with Crippen LogP contribution in [0.5, 0.6) is 5.75 Å². The molecule has 0 saturated carbocycles. The van der Waals surface area contributed by atoms with Gasteiger partial charge in [0.2, 0.25) is 0 Å². The number of nitrogens with one attached hydrogen (secondary N) is 1. The minimum Gasteiger partial charge on any atom is -0.488 e. The molecule has 0 spiro atoms. The van der Waals surface area contributed by atoms with E-state index in [-0.39, 0.29) is 5.57 Å². The smallest absolute Gasteiger partial charge is 0.335 e. The summed E-state index contributed by atoms with van der Waals surface area (Å²) in [6.07, 6.45) is 1.45. The number of hydrogen-bond acceptors (Lipinski definition) is 4. The Morgan fingerprint density at radius 2 is 1.71 bits per heavy atom. The maximum Gasteiger partial charge on any atom is 0.335 e. The first kappa shape index (κ1) is 24.7. The van der Waals surface area contributed by atoms with E-state index in [1.807, 2.05) is 6.07 Å². The average molecular weight is 672 g/mol. The van der Waals surface area contributed by atoms with Crippen molar-refractivity contribution in [1.82, 2.24) is 5.32 Å². The lowest BCUT2D eigenvalue weighted by molar-refractivity contribution is -0.122. The lowest BCUT2D eigenvalue weighted by Gasteiger charge is -2.26. The monoisotopic (exact) mass is 670 g/mol. The molecule has 0 radical (unpaired) electrons. The third-order valence-electron chi connectivity index (χ3n) is 4.83. The topological polar surface area (TPSA) is 75.7 Å². The average Bonchev–Trinajstić information content (AvgIpc) is 2.79. The van der Waals surface area contributed by atoms with Gasteiger partial charge in [-0.3, -0.25) is 14.9 Å². The molecule has 0 atom stereocenters. The first-order chi connectivity index (χ1) is 16.2. The van der Waals surface area contributed by atoms with Crippen molar-refractivity contribution in [3.8, 4) is 5.75 Å². The van der Waals surface area contributed by atoms with E-state index < -0.39 is 17.8 Å². The highest BCUT2D eigenvalue weighted by molar-refractivity contribution is 14.1. The van der Waals surface area contributed by atoms with Crippen LogP contribution in [0.15, 0.2) is 70.7 Å². The Balaban J connectivity index is 1.55. The predicted octanol–water partition coefficient (Wildman–Crippen LogP) is 6.61. The molecule has 0 aliphatic carbocycles. The van der Waals surface area contributed by atoms with E-state index in [0.717, 1.165) is 18.5 Å². The van der Waals surface area contributed by atoms with Gasteiger partial charge in [-0.05, 0) is 88.3 Å². The van der Waals surface area contributed by atoms with Gasteiger partial charge in [-0.25, -0.2) is 9.69 Å². The quantitative estimate of drug-likeness (QED) is 0.188. The number of halogens is 4. The molecule has 0 unspecified atom stereocenters. The van der Waals surface area contributed by atoms with Crippen molar-refractivity contribution < 1.29 is 19.1 Å². The predicted molar refractivity (Wildman–Crippen MR) is 143 cm³/mol. The van der Waals surface area contributed by atoms with Gasteiger partial charge in [0.25, 0.3) is 11.8 Å². The highest BCUT2D eigenvalue weighted by Crippen LogP contribution is 2.28. The van der Waals surface area contributed by atoms with Crippen molar-refractivity contribution in [2.24, 2.45) is 0 Å². The molecule has 0 aromatic heterocycles. The molecule has 0 bridgehead atoms. The second-order valence-electron chi connectivity index (χ2n) is 7.16. The van der Waals surface area contributed by atoms with Gasteiger partial charge in [0.05, 0.1) is 19.3 Å². The maximum atomic E-state index is 13.0. The van der Waals surface area contributed by atoms with Crippen LogP contribution in [0.4, 0.5) is 10.5 Å². The van der Waals surface area contributed by atoms with Gasteiger partial charge < -0.3 is 4.74 Å². The number of hydrogen-bond donors (Lipinski definition) is 1. The molecule has 1 aliphatic heterocycles. The molecule has 3 aromatic rings. The second-order valence-corrected chi connectivity index (χ2v) is 10.1. The number of rotatable bonds is 5. The van der Waals surface area contributed by atoms with Crippen LogP contribution in [-0.4, -0.2) is 17.8 Å². The number of imide groups is 2. The molecule has 1 fully saturated rings. The van der Waals surface area contributed by atoms with Gasteiger partial charge in [0, 0.05) is 4.47 Å². The van der Waals surface area contributed by atoms with Crippen molar-refractivity contribution in [3.63, 3.8) is 0 Å². The number of benzene rings is 3. The van der Waals surface area contributed by atoms with E-state index in [9.17, 15) is 14.4 Å². The first-order valence-corrected chi connectivity index (χ1v) is 12.4. The van der Waals surface area contributed by atoms with Crippen molar-refractivity contribution in [2.45, 2.75) is 6.61 Å². The molecule has 6 nitrogen and oxygen atoms in total. The molecule has 172 valence electrons. The lowest BCUT2D eigenvalue weighted by atomic mass is 10.1. The van der Waals surface area contributed by atoms with Gasteiger partial charge in [-0.15, -0.1) is 0 Å². The molecule has 4 amide bonds. The summed E-state index contributed by atoms with van der Waals surface area (Å²) in [7, 11) is 0. The van der Waals surface area contributed by atoms with Crippen molar-refractivity contribution in [3.05, 3.63) is 95.5 Å². The van der Waals surface area contributed by atoms with Crippen LogP contribution in [0.2, 0.25) is 10.0 Å². The lowest BCUT2D eigenvalue weighted by Crippen LogP contribution is -2.54. The highest BCUT2D eigenvalue weighted by atomic mass is 127. The number of anilines is 1. The zero-order valence-corrected chi connectivity index (χ0v) is 22.4. The van der Waals surface area contributed by atoms with Gasteiger partial charge in [-0.2, -0.15) is 0 Å². The molecule has 3 aromatic carbocycles. The van der Waals surface area contributed by atoms with Gasteiger partial charge in [0.1, 0.15) is 17.9 Å². The molecule has 1 aliphatic rings. The largest absolute Gasteiger partial charge is 0.488 e. The van der Waals surface area contributed by atoms with Crippen molar-refractivity contribution >= 4 is 91.3 Å². The van der Waals surface area contributed by atoms with E-state index >= 15 is 0 Å². The summed E-state index contributed by atoms with van der Waals surface area (Å²) in [5, 5.41) is 3.14. The SMILES string of the molecule is O=C1NC(=O)N(c2ccc(Br)cc2)C(=O)/C1=C/c1ccc(OCc2ccc(Cl)c(Cl)c2)c(I)c1. The summed E-state index contributed by atoms with van der Waals surface area (Å²) in [6.45, 7) is 0.290. The number of carbonyl (C=O) groups excluding carboxylic acids is 3. The van der Waals surface area contributed by atoms with E-state index in [1.165, 1.54) is 6.08 Å². The maximum absolute atomic E-state index is 13.0. The first-order valence-electron chi connectivity index (χ1n) is 9.76. The number of amides is 4. The van der Waals surface area contributed by atoms with E-state index in [2.05, 4.69) is 43.8 Å². The molecule has 1 N–H and O–H groups in total. The van der Waals surface area contributed by atoms with Crippen LogP contribution in [-0.2, 0) is 16.2 Å². The van der Waals surface area contributed by atoms with E-state index in [4.69, 9.17) is 27.9 Å². The van der Waals surface area contributed by atoms with Crippen LogP contribution in [0.25, 0.3) is 6.08 Å². The standard InChI is InChI=1S/C24H14BrCl2IN2O4/c25-15-3-5-16(6-4-15)30-23(32)17(22(31)29-24(30)33)9-13-2-8-21(20(28)11-13)34-12-14-1-7-18(26)19(27)10-14/h1-11H,12H2,(H,29,31,33)/b17-9+. The summed E-state index contributed by atoms with van der Waals surface area (Å²) in [6, 6.07) is 16.3. The Morgan fingerprint density at radius 1 is 0.971 bits per heavy atom. The van der Waals surface area contributed by atoms with Crippen molar-refractivity contribution in [2.75, 3.05) is 4.90 Å². The molecule has 34 heavy (non-hydrogen) atoms. The Bertz CT molecular complexity index is 1350. The second kappa shape index (κ2) is 10.5. The highest BCUT2D eigenvalue weighted by Gasteiger charge is 2.36. The fourth-order valence-electron chi connectivity index (χ4n) is 3.16. The van der Waals surface area contributed by atoms with Crippen LogP contribution in [0, 0.1) is 3.57 Å². The third-order valence-corrected chi connectivity index (χ3v) is 6.94. The molecule has 4 rings (SSSR count). The summed E-state index contributed by atoms with van der Waals surface area (Å²) >= 11 is 17.4. The van der Waals surface area contributed by atoms with Crippen LogP contribution >= 0.6 is 61.7 Å². The molecule has 10 heteroatoms. The normalized spacial score (nSPS) is 15.0. The fourth-order valence-corrected chi connectivity index (χ4v) is 4.44. The minimum absolute atomic E-state index is 0.150. The van der Waals surface area contributed by atoms with Crippen molar-refractivity contribution in [1.29, 1.82) is 0 Å². The molecular weight excluding hydrogens is 658 g/mol. The fraction of sp³-hybridized carbons (Fsp3) is 0.0417. The summed E-state index contributed by atoms with van der Waals surface area (Å²) < 4.78 is 7.44. The number of carbonyl (C=O) groups is 3. The Kier molecular flexibility index (Phi) is 7.61. The zero-order valence-electron chi connectivity index (χ0n) is 17.2. The minimum atomic E-state index is -0.796. The Morgan fingerprint density at radius 3 is 2.38 bits per heavy atom. The van der Waals surface area contributed by atoms with E-state index in [1.54, 1.807) is 54.6 Å². The number of urea groups is 1. The van der Waals surface area contributed by atoms with Gasteiger partial charge in [0.15, 0.2) is 0 Å². The number of barbiturate groups is 1. The van der Waals surface area contributed by atoms with Gasteiger partial charge in [-0.1, -0.05) is 51.3 Å². The Hall–Kier alpha value is -2.40. The molecule has 1 saturated heterocycles. The summed E-state index contributed by atoms with van der Waals surface area (Å²) in [4.78, 5) is 38.7. The van der Waals surface area contributed by atoms with E-state index in [0.29, 0.717) is 33.7 Å². The summed E-state index contributed by atoms with van der Waals surface area (Å²) in [5.74, 6) is -0.829. The molecule has 1 heterocycles. The van der Waals surface area contributed by atoms with Crippen LogP contribution in [0.1, 0.15) is 11.1 Å². The van der Waals surface area contributed by atoms with Crippen LogP contribution < -0.4 is 15.0 Å². The van der Waals surface area contributed by atoms with Gasteiger partial charge >= 0.3 is 6.03 Å². The zero-order chi connectivity index (χ0) is 24.4. The Labute approximate surface area is 227 Å².